The van der Waals surface area contributed by atoms with Gasteiger partial charge in [0.2, 0.25) is 5.91 Å². The van der Waals surface area contributed by atoms with Crippen molar-refractivity contribution < 1.29 is 26.4 Å². The van der Waals surface area contributed by atoms with Crippen LogP contribution in [0.15, 0.2) is 53.4 Å². The van der Waals surface area contributed by atoms with Crippen molar-refractivity contribution in [1.29, 1.82) is 0 Å². The zero-order valence-corrected chi connectivity index (χ0v) is 24.2. The number of rotatable bonds is 18. The number of anilines is 1. The number of halogens is 4. The van der Waals surface area contributed by atoms with Crippen LogP contribution in [0.5, 0.6) is 0 Å². The average Bonchev–Trinajstić information content (AvgIpc) is 2.89. The van der Waals surface area contributed by atoms with Gasteiger partial charge in [-0.05, 0) is 48.9 Å². The summed E-state index contributed by atoms with van der Waals surface area (Å²) < 4.78 is 67.5. The Balaban J connectivity index is 1.88. The van der Waals surface area contributed by atoms with Gasteiger partial charge in [0.1, 0.15) is 0 Å². The van der Waals surface area contributed by atoms with Gasteiger partial charge in [-0.25, -0.2) is 8.42 Å². The molecule has 0 unspecified atom stereocenters. The fourth-order valence-electron chi connectivity index (χ4n) is 4.29. The van der Waals surface area contributed by atoms with Crippen molar-refractivity contribution in [1.82, 2.24) is 5.32 Å². The fraction of sp³-hybridized carbons (Fsp3) is 0.552. The van der Waals surface area contributed by atoms with Crippen LogP contribution in [0.3, 0.4) is 0 Å². The van der Waals surface area contributed by atoms with E-state index < -0.39 is 21.8 Å². The van der Waals surface area contributed by atoms with Crippen molar-refractivity contribution in [2.75, 3.05) is 17.4 Å². The second kappa shape index (κ2) is 16.8. The molecule has 218 valence electrons. The third-order valence-electron chi connectivity index (χ3n) is 6.51. The number of amides is 1. The number of benzene rings is 2. The number of carbonyl (C=O) groups excluding carboxylic acids is 1. The van der Waals surface area contributed by atoms with Gasteiger partial charge in [-0.3, -0.25) is 9.10 Å². The van der Waals surface area contributed by atoms with Crippen LogP contribution in [-0.2, 0) is 21.0 Å². The molecule has 2 aromatic carbocycles. The lowest BCUT2D eigenvalue weighted by Gasteiger charge is -2.25. The molecule has 0 aliphatic heterocycles. The molecule has 0 fully saturated rings. The molecule has 0 aliphatic carbocycles. The standard InChI is InChI=1S/C29H40ClF3N2O3S/c1-2-3-4-5-6-7-8-9-10-11-12-16-28(36)34-21-22-35(26-15-13-14-24(23-26)29(31,32)33)39(37,38)27-19-17-25(30)18-20-27/h13-15,17-20,23H,2-12,16,21-22H2,1H3,(H,34,36). The van der Waals surface area contributed by atoms with Gasteiger partial charge < -0.3 is 5.32 Å². The van der Waals surface area contributed by atoms with Crippen molar-refractivity contribution in [2.24, 2.45) is 0 Å². The zero-order chi connectivity index (χ0) is 28.7. The molecule has 2 aromatic rings. The van der Waals surface area contributed by atoms with Gasteiger partial charge in [-0.15, -0.1) is 0 Å². The highest BCUT2D eigenvalue weighted by Crippen LogP contribution is 2.33. The molecule has 0 atom stereocenters. The number of nitrogens with zero attached hydrogens (tertiary/aromatic N) is 1. The van der Waals surface area contributed by atoms with E-state index in [0.717, 1.165) is 48.2 Å². The maximum atomic E-state index is 13.4. The van der Waals surface area contributed by atoms with Crippen LogP contribution in [0.25, 0.3) is 0 Å². The summed E-state index contributed by atoms with van der Waals surface area (Å²) in [5.74, 6) is -0.209. The molecule has 1 amide bonds. The molecule has 2 rings (SSSR count). The fourth-order valence-corrected chi connectivity index (χ4v) is 5.88. The molecule has 0 aromatic heterocycles. The molecule has 0 spiro atoms. The Morgan fingerprint density at radius 2 is 1.44 bits per heavy atom. The second-order valence-electron chi connectivity index (χ2n) is 9.71. The summed E-state index contributed by atoms with van der Waals surface area (Å²) in [5.41, 5.74) is -1.10. The van der Waals surface area contributed by atoms with E-state index in [1.165, 1.54) is 75.3 Å². The van der Waals surface area contributed by atoms with E-state index in [1.54, 1.807) is 0 Å². The highest BCUT2D eigenvalue weighted by molar-refractivity contribution is 7.92. The summed E-state index contributed by atoms with van der Waals surface area (Å²) in [6.07, 6.45) is 8.55. The number of unbranched alkanes of at least 4 members (excludes halogenated alkanes) is 10. The molecule has 0 bridgehead atoms. The normalized spacial score (nSPS) is 11.9. The first-order chi connectivity index (χ1) is 18.6. The molecule has 0 heterocycles. The van der Waals surface area contributed by atoms with E-state index in [9.17, 15) is 26.4 Å². The molecule has 10 heteroatoms. The molecule has 0 saturated heterocycles. The lowest BCUT2D eigenvalue weighted by Crippen LogP contribution is -2.38. The van der Waals surface area contributed by atoms with E-state index >= 15 is 0 Å². The van der Waals surface area contributed by atoms with Gasteiger partial charge in [-0.2, -0.15) is 13.2 Å². The first-order valence-electron chi connectivity index (χ1n) is 13.8. The smallest absolute Gasteiger partial charge is 0.354 e. The van der Waals surface area contributed by atoms with Gasteiger partial charge >= 0.3 is 6.18 Å². The lowest BCUT2D eigenvalue weighted by molar-refractivity contribution is -0.137. The summed E-state index contributed by atoms with van der Waals surface area (Å²) in [5, 5.41) is 3.04. The van der Waals surface area contributed by atoms with E-state index in [2.05, 4.69) is 12.2 Å². The van der Waals surface area contributed by atoms with Gasteiger partial charge in [-0.1, -0.05) is 88.8 Å². The number of alkyl halides is 3. The highest BCUT2D eigenvalue weighted by Gasteiger charge is 2.32. The van der Waals surface area contributed by atoms with Crippen LogP contribution in [0.1, 0.15) is 89.5 Å². The first kappa shape index (κ1) is 32.9. The second-order valence-corrected chi connectivity index (χ2v) is 12.0. The van der Waals surface area contributed by atoms with Crippen LogP contribution in [-0.4, -0.2) is 27.4 Å². The number of nitrogens with one attached hydrogen (secondary N) is 1. The largest absolute Gasteiger partial charge is 0.416 e. The minimum atomic E-state index is -4.63. The van der Waals surface area contributed by atoms with Gasteiger partial charge in [0, 0.05) is 18.0 Å². The third-order valence-corrected chi connectivity index (χ3v) is 8.60. The monoisotopic (exact) mass is 588 g/mol. The molecule has 0 radical (unpaired) electrons. The van der Waals surface area contributed by atoms with Crippen molar-refractivity contribution in [2.45, 2.75) is 95.0 Å². The van der Waals surface area contributed by atoms with Gasteiger partial charge in [0.25, 0.3) is 10.0 Å². The van der Waals surface area contributed by atoms with E-state index in [-0.39, 0.29) is 29.6 Å². The Hall–Kier alpha value is -2.26. The minimum Gasteiger partial charge on any atom is -0.354 e. The third kappa shape index (κ3) is 11.8. The Labute approximate surface area is 236 Å². The Morgan fingerprint density at radius 3 is 2.00 bits per heavy atom. The van der Waals surface area contributed by atoms with Crippen LogP contribution < -0.4 is 9.62 Å². The number of sulfonamides is 1. The lowest BCUT2D eigenvalue weighted by atomic mass is 10.1. The van der Waals surface area contributed by atoms with Crippen LogP contribution in [0.4, 0.5) is 18.9 Å². The topological polar surface area (TPSA) is 66.5 Å². The Kier molecular flexibility index (Phi) is 14.2. The highest BCUT2D eigenvalue weighted by atomic mass is 35.5. The Bertz CT molecular complexity index is 1110. The van der Waals surface area contributed by atoms with Crippen molar-refractivity contribution in [3.8, 4) is 0 Å². The average molecular weight is 589 g/mol. The van der Waals surface area contributed by atoms with E-state index in [0.29, 0.717) is 11.4 Å². The number of hydrogen-bond acceptors (Lipinski definition) is 3. The van der Waals surface area contributed by atoms with Crippen molar-refractivity contribution >= 4 is 33.2 Å². The maximum absolute atomic E-state index is 13.4. The summed E-state index contributed by atoms with van der Waals surface area (Å²) in [4.78, 5) is 12.2. The van der Waals surface area contributed by atoms with Crippen molar-refractivity contribution in [3.63, 3.8) is 0 Å². The molecule has 1 N–H and O–H groups in total. The van der Waals surface area contributed by atoms with E-state index in [1.807, 2.05) is 0 Å². The van der Waals surface area contributed by atoms with Crippen LogP contribution in [0.2, 0.25) is 5.02 Å². The van der Waals surface area contributed by atoms with E-state index in [4.69, 9.17) is 11.6 Å². The van der Waals surface area contributed by atoms with Gasteiger partial charge in [0.15, 0.2) is 0 Å². The molecule has 5 nitrogen and oxygen atoms in total. The molecular weight excluding hydrogens is 549 g/mol. The minimum absolute atomic E-state index is 0.0417. The predicted molar refractivity (Wildman–Crippen MR) is 152 cm³/mol. The summed E-state index contributed by atoms with van der Waals surface area (Å²) >= 11 is 5.87. The summed E-state index contributed by atoms with van der Waals surface area (Å²) in [6, 6.07) is 9.52. The number of carbonyl (C=O) groups is 1. The summed E-state index contributed by atoms with van der Waals surface area (Å²) in [7, 11) is -4.21. The molecule has 0 saturated carbocycles. The zero-order valence-electron chi connectivity index (χ0n) is 22.6. The van der Waals surface area contributed by atoms with Crippen molar-refractivity contribution in [3.05, 3.63) is 59.1 Å². The Morgan fingerprint density at radius 1 is 0.872 bits per heavy atom. The number of hydrogen-bond donors (Lipinski definition) is 1. The molecular formula is C29H40ClF3N2O3S. The first-order valence-corrected chi connectivity index (χ1v) is 15.6. The summed E-state index contributed by atoms with van der Waals surface area (Å²) in [6.45, 7) is 1.94. The molecule has 0 aliphatic rings. The SMILES string of the molecule is CCCCCCCCCCCCCC(=O)NCCN(c1cccc(C(F)(F)F)c1)S(=O)(=O)c1ccc(Cl)cc1. The predicted octanol–water partition coefficient (Wildman–Crippen LogP) is 8.37. The van der Waals surface area contributed by atoms with Crippen LogP contribution in [0, 0.1) is 0 Å². The van der Waals surface area contributed by atoms with Gasteiger partial charge in [0.05, 0.1) is 22.7 Å². The van der Waals surface area contributed by atoms with Crippen LogP contribution >= 0.6 is 11.6 Å². The maximum Gasteiger partial charge on any atom is 0.416 e. The quantitative estimate of drug-likeness (QED) is 0.178. The molecule has 39 heavy (non-hydrogen) atoms.